The lowest BCUT2D eigenvalue weighted by atomic mass is 9.40. The Morgan fingerprint density at radius 2 is 1.97 bits per heavy atom. The molecule has 0 aliphatic heterocycles. The Morgan fingerprint density at radius 1 is 1.26 bits per heavy atom. The fourth-order valence-electron chi connectivity index (χ4n) is 8.09. The minimum atomic E-state index is -1.34. The molecule has 0 heterocycles. The van der Waals surface area contributed by atoms with E-state index in [9.17, 15) is 14.7 Å². The minimum Gasteiger partial charge on any atom is -0.490 e. The lowest BCUT2D eigenvalue weighted by molar-refractivity contribution is -0.215. The summed E-state index contributed by atoms with van der Waals surface area (Å²) in [5, 5.41) is 11.8. The van der Waals surface area contributed by atoms with Gasteiger partial charge in [-0.05, 0) is 49.2 Å². The first-order valence-corrected chi connectivity index (χ1v) is 12.3. The van der Waals surface area contributed by atoms with Gasteiger partial charge < -0.3 is 14.6 Å². The van der Waals surface area contributed by atoms with Gasteiger partial charge in [-0.15, -0.1) is 0 Å². The molecule has 3 unspecified atom stereocenters. The van der Waals surface area contributed by atoms with Crippen molar-refractivity contribution in [3.8, 4) is 0 Å². The summed E-state index contributed by atoms with van der Waals surface area (Å²) in [7, 11) is 1.39. The molecule has 0 spiro atoms. The first kappa shape index (κ1) is 24.7. The molecule has 1 N–H and O–H groups in total. The lowest BCUT2D eigenvalue weighted by Gasteiger charge is -2.65. The Morgan fingerprint density at radius 3 is 2.59 bits per heavy atom. The molecule has 34 heavy (non-hydrogen) atoms. The molecule has 184 valence electrons. The van der Waals surface area contributed by atoms with Crippen molar-refractivity contribution >= 4 is 12.3 Å². The maximum absolute atomic E-state index is 13.0. The molecule has 8 atom stereocenters. The van der Waals surface area contributed by atoms with Crippen LogP contribution >= 0.6 is 0 Å². The molecule has 0 radical (unpaired) electrons. The predicted octanol–water partition coefficient (Wildman–Crippen LogP) is 5.09. The van der Waals surface area contributed by atoms with E-state index in [4.69, 9.17) is 9.47 Å². The number of methoxy groups -OCH3 is 1. The number of hydrogen-bond donors (Lipinski definition) is 1. The van der Waals surface area contributed by atoms with Gasteiger partial charge in [0.2, 0.25) is 5.76 Å². The number of rotatable bonds is 5. The van der Waals surface area contributed by atoms with Crippen molar-refractivity contribution in [3.05, 3.63) is 60.4 Å². The van der Waals surface area contributed by atoms with Crippen molar-refractivity contribution in [1.82, 2.24) is 0 Å². The highest BCUT2D eigenvalue weighted by molar-refractivity contribution is 5.89. The average Bonchev–Trinajstić information content (AvgIpc) is 3.00. The molecular formula is C29H38O5. The van der Waals surface area contributed by atoms with E-state index in [1.807, 2.05) is 13.8 Å². The highest BCUT2D eigenvalue weighted by Gasteiger charge is 2.73. The third-order valence-corrected chi connectivity index (χ3v) is 10.2. The van der Waals surface area contributed by atoms with Crippen LogP contribution in [0.15, 0.2) is 60.4 Å². The number of hydrogen-bond acceptors (Lipinski definition) is 5. The van der Waals surface area contributed by atoms with Gasteiger partial charge in [-0.3, -0.25) is 4.79 Å². The Labute approximate surface area is 203 Å². The third kappa shape index (κ3) is 2.95. The second-order valence-electron chi connectivity index (χ2n) is 11.4. The summed E-state index contributed by atoms with van der Waals surface area (Å²) in [5.74, 6) is -0.565. The van der Waals surface area contributed by atoms with Crippen LogP contribution in [0.3, 0.4) is 0 Å². The van der Waals surface area contributed by atoms with Gasteiger partial charge in [0.25, 0.3) is 0 Å². The van der Waals surface area contributed by atoms with Crippen LogP contribution < -0.4 is 0 Å². The van der Waals surface area contributed by atoms with E-state index in [0.717, 1.165) is 31.1 Å². The van der Waals surface area contributed by atoms with E-state index in [0.29, 0.717) is 6.42 Å². The summed E-state index contributed by atoms with van der Waals surface area (Å²) < 4.78 is 11.2. The average molecular weight is 467 g/mol. The van der Waals surface area contributed by atoms with Crippen molar-refractivity contribution in [2.75, 3.05) is 7.11 Å². The number of aldehydes is 1. The topological polar surface area (TPSA) is 72.8 Å². The fourth-order valence-corrected chi connectivity index (χ4v) is 8.09. The van der Waals surface area contributed by atoms with Gasteiger partial charge in [0.15, 0.2) is 11.9 Å². The van der Waals surface area contributed by atoms with Gasteiger partial charge in [0.05, 0.1) is 13.2 Å². The van der Waals surface area contributed by atoms with Gasteiger partial charge in [0, 0.05) is 22.2 Å². The second-order valence-corrected chi connectivity index (χ2v) is 11.4. The summed E-state index contributed by atoms with van der Waals surface area (Å²) in [6, 6.07) is 0. The second kappa shape index (κ2) is 8.08. The molecule has 0 saturated heterocycles. The zero-order valence-electron chi connectivity index (χ0n) is 21.1. The van der Waals surface area contributed by atoms with Crippen LogP contribution in [0.4, 0.5) is 0 Å². The number of aliphatic hydroxyl groups is 1. The van der Waals surface area contributed by atoms with Gasteiger partial charge in [0.1, 0.15) is 0 Å². The van der Waals surface area contributed by atoms with Crippen molar-refractivity contribution in [1.29, 1.82) is 0 Å². The quantitative estimate of drug-likeness (QED) is 0.201. The summed E-state index contributed by atoms with van der Waals surface area (Å²) >= 11 is 0. The Kier molecular flexibility index (Phi) is 5.87. The van der Waals surface area contributed by atoms with Gasteiger partial charge in [-0.25, -0.2) is 4.79 Å². The monoisotopic (exact) mass is 466 g/mol. The Bertz CT molecular complexity index is 1020. The van der Waals surface area contributed by atoms with Crippen molar-refractivity contribution in [2.24, 2.45) is 34.0 Å². The molecule has 5 heteroatoms. The van der Waals surface area contributed by atoms with Gasteiger partial charge in [-0.1, -0.05) is 70.7 Å². The van der Waals surface area contributed by atoms with Crippen LogP contribution in [-0.2, 0) is 19.1 Å². The largest absolute Gasteiger partial charge is 0.490 e. The highest BCUT2D eigenvalue weighted by atomic mass is 16.6. The summed E-state index contributed by atoms with van der Waals surface area (Å²) in [6.07, 6.45) is 12.5. The van der Waals surface area contributed by atoms with Crippen molar-refractivity contribution in [3.63, 3.8) is 0 Å². The number of carbonyl (C=O) groups is 2. The zero-order valence-corrected chi connectivity index (χ0v) is 21.1. The van der Waals surface area contributed by atoms with E-state index >= 15 is 0 Å². The zero-order chi connectivity index (χ0) is 25.1. The molecule has 4 aliphatic carbocycles. The third-order valence-electron chi connectivity index (χ3n) is 10.2. The molecule has 3 fully saturated rings. The molecule has 0 bridgehead atoms. The van der Waals surface area contributed by atoms with Crippen molar-refractivity contribution < 1.29 is 24.2 Å². The Hall–Kier alpha value is -2.40. The normalized spacial score (nSPS) is 45.4. The van der Waals surface area contributed by atoms with E-state index in [2.05, 4.69) is 45.2 Å². The van der Waals surface area contributed by atoms with Crippen LogP contribution in [0.2, 0.25) is 0 Å². The minimum absolute atomic E-state index is 0.00389. The van der Waals surface area contributed by atoms with Crippen LogP contribution in [0.5, 0.6) is 0 Å². The molecule has 0 aromatic rings. The number of aliphatic hydroxyl groups excluding tert-OH is 1. The number of fused-ring (bicyclic) bond motifs is 5. The van der Waals surface area contributed by atoms with Crippen molar-refractivity contribution in [2.45, 2.75) is 65.1 Å². The lowest BCUT2D eigenvalue weighted by Crippen LogP contribution is -2.66. The summed E-state index contributed by atoms with van der Waals surface area (Å²) in [4.78, 5) is 25.8. The fraction of sp³-hybridized carbons (Fsp3) is 0.586. The standard InChI is InChI=1S/C29H38O5/c1-8-9-23(33-7)25(32)34-29(17-30)19(3)15-22-21-11-10-20-14-18(2)12-13-26(20,4)28(21,6)24(31)16-27(22,29)5/h8-9,12-14,17,19,21-22,24,31H,1-2,10-11,15-16H2,3-7H3/b23-9-/t19-,21?,22?,24?,26+,27+,28-,29-/m1/s1. The number of carbonyl (C=O) groups excluding carboxylic acids is 2. The Balaban J connectivity index is 1.78. The molecule has 3 saturated carbocycles. The molecule has 4 rings (SSSR count). The highest BCUT2D eigenvalue weighted by Crippen LogP contribution is 2.73. The first-order valence-electron chi connectivity index (χ1n) is 12.3. The van der Waals surface area contributed by atoms with E-state index < -0.39 is 28.5 Å². The molecular weight excluding hydrogens is 428 g/mol. The number of ether oxygens (including phenoxy) is 2. The van der Waals surface area contributed by atoms with E-state index in [1.165, 1.54) is 24.8 Å². The molecule has 0 aromatic heterocycles. The smallest absolute Gasteiger partial charge is 0.374 e. The molecule has 0 amide bonds. The SMILES string of the molecule is C=C/C=C(\OC)C(=O)O[C@]1(C=O)[C@H](C)CC2C3CCC4=CC(=C)C=C[C@]4(C)[C@@]3(C)C(O)C[C@@]21C. The summed E-state index contributed by atoms with van der Waals surface area (Å²) in [5.41, 5.74) is -0.418. The predicted molar refractivity (Wildman–Crippen MR) is 131 cm³/mol. The number of allylic oxidation sites excluding steroid dienone is 7. The van der Waals surface area contributed by atoms with Crippen LogP contribution in [0, 0.1) is 34.0 Å². The van der Waals surface area contributed by atoms with E-state index in [1.54, 1.807) is 0 Å². The van der Waals surface area contributed by atoms with Crippen LogP contribution in [0.25, 0.3) is 0 Å². The maximum atomic E-state index is 13.0. The summed E-state index contributed by atoms with van der Waals surface area (Å²) in [6.45, 7) is 16.2. The molecule has 4 aliphatic rings. The first-order chi connectivity index (χ1) is 15.9. The van der Waals surface area contributed by atoms with Crippen LogP contribution in [0.1, 0.15) is 53.4 Å². The van der Waals surface area contributed by atoms with Gasteiger partial charge in [-0.2, -0.15) is 0 Å². The van der Waals surface area contributed by atoms with Crippen LogP contribution in [-0.4, -0.2) is 36.2 Å². The molecule has 5 nitrogen and oxygen atoms in total. The molecule has 0 aromatic carbocycles. The maximum Gasteiger partial charge on any atom is 0.374 e. The van der Waals surface area contributed by atoms with E-state index in [-0.39, 0.29) is 28.9 Å². The van der Waals surface area contributed by atoms with Gasteiger partial charge >= 0.3 is 5.97 Å². The number of esters is 1.